The highest BCUT2D eigenvalue weighted by Gasteiger charge is 2.23. The number of guanidine groups is 1. The molecule has 2 aromatic rings. The van der Waals surface area contributed by atoms with Crippen LogP contribution in [-0.2, 0) is 13.0 Å². The minimum atomic E-state index is 0.411. The maximum Gasteiger partial charge on any atom is 0.191 e. The summed E-state index contributed by atoms with van der Waals surface area (Å²) in [4.78, 5) is 11.4. The monoisotopic (exact) mass is 357 g/mol. The van der Waals surface area contributed by atoms with Crippen LogP contribution in [0.3, 0.4) is 0 Å². The topological polar surface area (TPSA) is 52.6 Å². The van der Waals surface area contributed by atoms with Crippen molar-refractivity contribution in [2.24, 2.45) is 4.99 Å². The molecule has 0 saturated carbocycles. The number of anilines is 1. The molecule has 1 aliphatic rings. The lowest BCUT2D eigenvalue weighted by Crippen LogP contribution is -2.44. The van der Waals surface area contributed by atoms with Gasteiger partial charge in [0.1, 0.15) is 0 Å². The largest absolute Gasteiger partial charge is 0.369 e. The number of rotatable bonds is 5. The fraction of sp³-hybridized carbons (Fsp3) is 0.474. The molecule has 0 aliphatic carbocycles. The lowest BCUT2D eigenvalue weighted by atomic mass is 10.2. The summed E-state index contributed by atoms with van der Waals surface area (Å²) < 4.78 is 0. The van der Waals surface area contributed by atoms with E-state index in [1.54, 1.807) is 11.3 Å². The average Bonchev–Trinajstić information content (AvgIpc) is 3.28. The van der Waals surface area contributed by atoms with Crippen molar-refractivity contribution in [1.29, 1.82) is 0 Å². The number of aryl methyl sites for hydroxylation is 2. The highest BCUT2D eigenvalue weighted by atomic mass is 32.1. The second-order valence-electron chi connectivity index (χ2n) is 6.42. The lowest BCUT2D eigenvalue weighted by molar-refractivity contribution is 0.647. The summed E-state index contributed by atoms with van der Waals surface area (Å²) in [5.74, 6) is 0.849. The number of thiazole rings is 1. The van der Waals surface area contributed by atoms with E-state index in [2.05, 4.69) is 69.0 Å². The van der Waals surface area contributed by atoms with Crippen LogP contribution < -0.4 is 15.5 Å². The first-order valence-electron chi connectivity index (χ1n) is 8.90. The molecule has 1 aliphatic heterocycles. The van der Waals surface area contributed by atoms with Gasteiger partial charge in [-0.15, -0.1) is 11.3 Å². The van der Waals surface area contributed by atoms with Crippen molar-refractivity contribution < 1.29 is 0 Å². The predicted molar refractivity (Wildman–Crippen MR) is 107 cm³/mol. The smallest absolute Gasteiger partial charge is 0.191 e. The van der Waals surface area contributed by atoms with Gasteiger partial charge in [0, 0.05) is 37.2 Å². The molecule has 1 atom stereocenters. The van der Waals surface area contributed by atoms with Gasteiger partial charge in [-0.1, -0.05) is 24.6 Å². The van der Waals surface area contributed by atoms with Gasteiger partial charge in [-0.05, 0) is 31.9 Å². The van der Waals surface area contributed by atoms with E-state index in [0.717, 1.165) is 37.6 Å². The molecule has 134 valence electrons. The fourth-order valence-corrected chi connectivity index (χ4v) is 3.77. The van der Waals surface area contributed by atoms with Crippen LogP contribution in [-0.4, -0.2) is 37.1 Å². The molecule has 1 aromatic carbocycles. The molecule has 0 spiro atoms. The molecule has 1 aromatic heterocycles. The number of aromatic nitrogens is 1. The molecule has 0 amide bonds. The molecule has 0 bridgehead atoms. The molecule has 2 N–H and O–H groups in total. The fourth-order valence-electron chi connectivity index (χ4n) is 3.02. The third-order valence-corrected chi connectivity index (χ3v) is 5.53. The average molecular weight is 358 g/mol. The van der Waals surface area contributed by atoms with Crippen molar-refractivity contribution in [3.8, 4) is 0 Å². The molecule has 0 radical (unpaired) electrons. The molecule has 6 heteroatoms. The highest BCUT2D eigenvalue weighted by Crippen LogP contribution is 2.20. The Morgan fingerprint density at radius 1 is 1.36 bits per heavy atom. The van der Waals surface area contributed by atoms with Crippen LogP contribution in [0.2, 0.25) is 0 Å². The van der Waals surface area contributed by atoms with E-state index in [4.69, 9.17) is 0 Å². The van der Waals surface area contributed by atoms with Crippen LogP contribution >= 0.6 is 11.3 Å². The normalized spacial score (nSPS) is 17.8. The van der Waals surface area contributed by atoms with E-state index >= 15 is 0 Å². The first-order chi connectivity index (χ1) is 12.2. The van der Waals surface area contributed by atoms with E-state index in [-0.39, 0.29) is 0 Å². The summed E-state index contributed by atoms with van der Waals surface area (Å²) in [6.07, 6.45) is 2.11. The van der Waals surface area contributed by atoms with Gasteiger partial charge < -0.3 is 15.5 Å². The first-order valence-corrected chi connectivity index (χ1v) is 9.78. The van der Waals surface area contributed by atoms with E-state index in [0.29, 0.717) is 12.6 Å². The summed E-state index contributed by atoms with van der Waals surface area (Å²) >= 11 is 1.72. The third kappa shape index (κ3) is 4.72. The maximum atomic E-state index is 4.59. The van der Waals surface area contributed by atoms with Gasteiger partial charge >= 0.3 is 0 Å². The minimum absolute atomic E-state index is 0.411. The molecule has 1 fully saturated rings. The maximum absolute atomic E-state index is 4.59. The Morgan fingerprint density at radius 2 is 2.16 bits per heavy atom. The van der Waals surface area contributed by atoms with E-state index in [9.17, 15) is 0 Å². The van der Waals surface area contributed by atoms with Gasteiger partial charge in [0.25, 0.3) is 0 Å². The van der Waals surface area contributed by atoms with Crippen molar-refractivity contribution in [1.82, 2.24) is 15.6 Å². The highest BCUT2D eigenvalue weighted by molar-refractivity contribution is 7.09. The van der Waals surface area contributed by atoms with Crippen LogP contribution in [0.4, 0.5) is 5.69 Å². The van der Waals surface area contributed by atoms with Gasteiger partial charge in [0.2, 0.25) is 0 Å². The van der Waals surface area contributed by atoms with Gasteiger partial charge in [0.05, 0.1) is 17.2 Å². The number of hydrogen-bond donors (Lipinski definition) is 2. The van der Waals surface area contributed by atoms with Crippen molar-refractivity contribution in [2.75, 3.05) is 25.0 Å². The van der Waals surface area contributed by atoms with E-state index in [1.165, 1.54) is 16.3 Å². The number of hydrogen-bond acceptors (Lipinski definition) is 4. The van der Waals surface area contributed by atoms with Gasteiger partial charge in [0.15, 0.2) is 5.96 Å². The minimum Gasteiger partial charge on any atom is -0.369 e. The van der Waals surface area contributed by atoms with E-state index in [1.807, 2.05) is 7.05 Å². The zero-order valence-corrected chi connectivity index (χ0v) is 16.1. The lowest BCUT2D eigenvalue weighted by Gasteiger charge is -2.20. The van der Waals surface area contributed by atoms with Crippen molar-refractivity contribution in [3.05, 3.63) is 45.9 Å². The molecule has 1 unspecified atom stereocenters. The van der Waals surface area contributed by atoms with Crippen LogP contribution in [0.1, 0.15) is 29.6 Å². The van der Waals surface area contributed by atoms with Crippen molar-refractivity contribution >= 4 is 23.0 Å². The molecule has 3 rings (SSSR count). The van der Waals surface area contributed by atoms with E-state index < -0.39 is 0 Å². The molecule has 1 saturated heterocycles. The Bertz CT molecular complexity index is 707. The van der Waals surface area contributed by atoms with Crippen LogP contribution in [0, 0.1) is 6.92 Å². The third-order valence-electron chi connectivity index (χ3n) is 4.49. The summed E-state index contributed by atoms with van der Waals surface area (Å²) in [7, 11) is 1.82. The Labute approximate surface area is 154 Å². The predicted octanol–water partition coefficient (Wildman–Crippen LogP) is 2.96. The van der Waals surface area contributed by atoms with Crippen molar-refractivity contribution in [2.45, 2.75) is 39.3 Å². The van der Waals surface area contributed by atoms with Crippen molar-refractivity contribution in [3.63, 3.8) is 0 Å². The Morgan fingerprint density at radius 3 is 2.84 bits per heavy atom. The number of aliphatic imine (C=N–C) groups is 1. The van der Waals surface area contributed by atoms with Gasteiger partial charge in [-0.2, -0.15) is 0 Å². The molecule has 2 heterocycles. The quantitative estimate of drug-likeness (QED) is 0.638. The summed E-state index contributed by atoms with van der Waals surface area (Å²) in [5, 5.41) is 10.2. The summed E-state index contributed by atoms with van der Waals surface area (Å²) in [5.41, 5.74) is 3.68. The standard InChI is InChI=1S/C19H27N5S/c1-4-18-22-16(13-25-18)11-21-19(20-3)23-15-9-10-24(12-15)17-7-5-14(2)6-8-17/h5-8,13,15H,4,9-12H2,1-3H3,(H2,20,21,23). The van der Waals surface area contributed by atoms with Gasteiger partial charge in [-0.25, -0.2) is 4.98 Å². The van der Waals surface area contributed by atoms with Crippen LogP contribution in [0.15, 0.2) is 34.6 Å². The van der Waals surface area contributed by atoms with Crippen LogP contribution in [0.5, 0.6) is 0 Å². The number of benzene rings is 1. The van der Waals surface area contributed by atoms with Crippen LogP contribution in [0.25, 0.3) is 0 Å². The number of nitrogens with one attached hydrogen (secondary N) is 2. The second-order valence-corrected chi connectivity index (χ2v) is 7.37. The SMILES string of the molecule is CCc1nc(CNC(=NC)NC2CCN(c3ccc(C)cc3)C2)cs1. The summed E-state index contributed by atoms with van der Waals surface area (Å²) in [6.45, 7) is 7.05. The number of nitrogens with zero attached hydrogens (tertiary/aromatic N) is 3. The molecule has 5 nitrogen and oxygen atoms in total. The molecule has 25 heavy (non-hydrogen) atoms. The Kier molecular flexibility index (Phi) is 5.91. The first kappa shape index (κ1) is 17.7. The van der Waals surface area contributed by atoms with Gasteiger partial charge in [-0.3, -0.25) is 4.99 Å². The Hall–Kier alpha value is -2.08. The molecular weight excluding hydrogens is 330 g/mol. The zero-order valence-electron chi connectivity index (χ0n) is 15.2. The molecular formula is C19H27N5S. The zero-order chi connectivity index (χ0) is 17.6. The second kappa shape index (κ2) is 8.34. The Balaban J connectivity index is 1.50. The summed E-state index contributed by atoms with van der Waals surface area (Å²) in [6, 6.07) is 9.18.